The number of carbonyl (C=O) groups excluding carboxylic acids is 2. The highest BCUT2D eigenvalue weighted by molar-refractivity contribution is 7.91. The predicted molar refractivity (Wildman–Crippen MR) is 399 cm³/mol. The Hall–Kier alpha value is -13.2. The van der Waals surface area contributed by atoms with Gasteiger partial charge in [0.25, 0.3) is 5.56 Å². The fourth-order valence-corrected chi connectivity index (χ4v) is 11.7. The van der Waals surface area contributed by atoms with Crippen molar-refractivity contribution in [2.45, 2.75) is 41.1 Å². The summed E-state index contributed by atoms with van der Waals surface area (Å²) in [6, 6.07) is 61.4. The van der Waals surface area contributed by atoms with Gasteiger partial charge >= 0.3 is 17.9 Å². The van der Waals surface area contributed by atoms with E-state index < -0.39 is 59.1 Å². The van der Waals surface area contributed by atoms with E-state index in [0.717, 1.165) is 18.8 Å². The number of hydrogen-bond acceptors (Lipinski definition) is 20. The summed E-state index contributed by atoms with van der Waals surface area (Å²) < 4.78 is 173. The Morgan fingerprint density at radius 2 is 0.640 bits per heavy atom. The summed E-state index contributed by atoms with van der Waals surface area (Å²) >= 11 is 0. The van der Waals surface area contributed by atoms with Gasteiger partial charge in [0.2, 0.25) is 0 Å². The van der Waals surface area contributed by atoms with Crippen LogP contribution in [0.5, 0.6) is 63.2 Å². The number of ether oxygens (including phenoxy) is 9. The summed E-state index contributed by atoms with van der Waals surface area (Å²) in [5.41, 5.74) is 2.58. The SMILES string of the molecule is COC(=O)c1cc(O)cc(OCc2ccccc2F)c1.COC(=O)c1cc(OCc2ccccc2F)cc(Oc2ccc(S(C)(=O)=O)cc2)c1.CS(=O)(=O)c1ccc(Oc2cc(OCc3ccccc3F)cc(-c3cc(=O)[nH][nH]3)c2)cc1.CS(=O)(=O)c1ccc(Oc2cc(OCc3ccccc3F)cc(C(=O)O)c2)cc1. The summed E-state index contributed by atoms with van der Waals surface area (Å²) in [5.74, 6) is -0.995. The Labute approximate surface area is 634 Å². The number of phenols is 1. The molecule has 0 saturated carbocycles. The molecule has 0 spiro atoms. The average molecular weight is 1580 g/mol. The van der Waals surface area contributed by atoms with Crippen LogP contribution in [0.25, 0.3) is 11.3 Å². The first-order chi connectivity index (χ1) is 52.8. The fraction of sp³-hybridized carbons (Fsp3) is 0.111. The molecule has 1 heterocycles. The number of H-pyrrole nitrogens is 2. The Balaban J connectivity index is 0.000000172. The zero-order chi connectivity index (χ0) is 80.0. The Morgan fingerprint density at radius 3 is 0.955 bits per heavy atom. The van der Waals surface area contributed by atoms with E-state index in [0.29, 0.717) is 62.3 Å². The number of phenolic OH excluding ortho intramolecular Hbond substituents is 1. The molecule has 0 fully saturated rings. The molecule has 0 aliphatic carbocycles. The number of aromatic amines is 2. The summed E-state index contributed by atoms with van der Waals surface area (Å²) in [4.78, 5) is 46.8. The Bertz CT molecular complexity index is 5710. The van der Waals surface area contributed by atoms with Gasteiger partial charge in [-0.25, -0.2) is 57.2 Å². The highest BCUT2D eigenvalue weighted by Gasteiger charge is 2.18. The molecule has 0 atom stereocenters. The molecule has 111 heavy (non-hydrogen) atoms. The predicted octanol–water partition coefficient (Wildman–Crippen LogP) is 15.9. The van der Waals surface area contributed by atoms with Gasteiger partial charge in [0.1, 0.15) is 113 Å². The van der Waals surface area contributed by atoms with Gasteiger partial charge in [-0.1, -0.05) is 72.8 Å². The van der Waals surface area contributed by atoms with Crippen LogP contribution in [0.1, 0.15) is 53.3 Å². The maximum Gasteiger partial charge on any atom is 0.338 e. The number of aromatic hydroxyl groups is 1. The first-order valence-electron chi connectivity index (χ1n) is 32.7. The van der Waals surface area contributed by atoms with Gasteiger partial charge in [-0.15, -0.1) is 0 Å². The van der Waals surface area contributed by atoms with Crippen molar-refractivity contribution in [1.82, 2.24) is 10.2 Å². The normalized spacial score (nSPS) is 11.0. The number of benzene rings is 11. The van der Waals surface area contributed by atoms with Gasteiger partial charge in [-0.05, 0) is 146 Å². The molecule has 4 N–H and O–H groups in total. The quantitative estimate of drug-likeness (QED) is 0.0305. The summed E-state index contributed by atoms with van der Waals surface area (Å²) in [6.07, 6.45) is 3.34. The van der Waals surface area contributed by atoms with E-state index in [4.69, 9.17) is 37.9 Å². The third-order valence-corrected chi connectivity index (χ3v) is 18.8. The lowest BCUT2D eigenvalue weighted by Gasteiger charge is -2.12. The zero-order valence-electron chi connectivity index (χ0n) is 59.4. The third kappa shape index (κ3) is 24.7. The largest absolute Gasteiger partial charge is 0.508 e. The second-order valence-electron chi connectivity index (χ2n) is 23.8. The smallest absolute Gasteiger partial charge is 0.338 e. The molecule has 30 heteroatoms. The number of methoxy groups -OCH3 is 2. The summed E-state index contributed by atoms with van der Waals surface area (Å²) in [6.45, 7) is -0.128. The summed E-state index contributed by atoms with van der Waals surface area (Å²) in [7, 11) is -7.49. The van der Waals surface area contributed by atoms with E-state index in [1.807, 2.05) is 0 Å². The molecule has 1 aromatic heterocycles. The molecule has 0 radical (unpaired) electrons. The number of aromatic carboxylic acids is 1. The molecule has 0 aliphatic rings. The second kappa shape index (κ2) is 37.6. The van der Waals surface area contributed by atoms with E-state index in [2.05, 4.69) is 14.9 Å². The van der Waals surface area contributed by atoms with E-state index in [-0.39, 0.29) is 109 Å². The molecule has 0 amide bonds. The van der Waals surface area contributed by atoms with Crippen LogP contribution in [0.15, 0.2) is 268 Å². The number of carboxylic acid groups (broad SMARTS) is 1. The van der Waals surface area contributed by atoms with Gasteiger partial charge in [-0.3, -0.25) is 15.0 Å². The van der Waals surface area contributed by atoms with Gasteiger partial charge in [0.15, 0.2) is 29.5 Å². The van der Waals surface area contributed by atoms with Crippen LogP contribution in [-0.4, -0.2) is 96.6 Å². The van der Waals surface area contributed by atoms with Crippen LogP contribution in [0, 0.1) is 23.3 Å². The van der Waals surface area contributed by atoms with E-state index in [9.17, 15) is 72.2 Å². The van der Waals surface area contributed by atoms with E-state index >= 15 is 0 Å². The molecule has 0 aliphatic heterocycles. The molecule has 12 aromatic rings. The first-order valence-corrected chi connectivity index (χ1v) is 38.4. The number of halogens is 4. The van der Waals surface area contributed by atoms with Crippen molar-refractivity contribution >= 4 is 47.4 Å². The monoisotopic (exact) mass is 1580 g/mol. The minimum absolute atomic E-state index is 0.00226. The Kier molecular flexibility index (Phi) is 27.7. The number of hydrogen-bond donors (Lipinski definition) is 4. The number of sulfone groups is 3. The Morgan fingerprint density at radius 1 is 0.351 bits per heavy atom. The standard InChI is InChI=1S/C23H19FN2O5S.C22H19FO6S.C21H17FO6S.C15H13FO4/c1-32(28,29)20-8-6-17(7-9-20)31-19-11-16(22-13-23(27)26-25-22)10-18(12-19)30-14-15-4-2-3-5-21(15)24;1-27-22(24)16-11-18(28-14-15-5-3-4-6-21(15)23)13-19(12-16)29-17-7-9-20(10-8-17)30(2,25)26;1-29(25,26)19-8-6-16(7-9-19)28-18-11-15(21(23)24)10-17(12-18)27-13-14-4-2-3-5-20(14)22;1-19-15(18)11-6-12(17)8-13(7-11)20-9-10-4-2-3-5-14(10)16/h2-13H,14H2,1H3,(H2,25,26,27);3-13H,14H2,1-2H3;2-12H,13H2,1H3,(H,23,24);2-8,17H,9H2,1H3. The van der Waals surface area contributed by atoms with Gasteiger partial charge in [-0.2, -0.15) is 0 Å². The second-order valence-corrected chi connectivity index (χ2v) is 29.9. The van der Waals surface area contributed by atoms with Crippen molar-refractivity contribution in [3.63, 3.8) is 0 Å². The van der Waals surface area contributed by atoms with Crippen LogP contribution in [0.4, 0.5) is 17.6 Å². The number of nitrogens with one attached hydrogen (secondary N) is 2. The molecule has 23 nitrogen and oxygen atoms in total. The van der Waals surface area contributed by atoms with Crippen molar-refractivity contribution in [3.8, 4) is 74.5 Å². The molecule has 0 bridgehead atoms. The van der Waals surface area contributed by atoms with Crippen LogP contribution in [0.2, 0.25) is 0 Å². The highest BCUT2D eigenvalue weighted by atomic mass is 32.2. The van der Waals surface area contributed by atoms with E-state index in [1.54, 1.807) is 103 Å². The lowest BCUT2D eigenvalue weighted by Crippen LogP contribution is -2.04. The van der Waals surface area contributed by atoms with Crippen molar-refractivity contribution in [2.24, 2.45) is 0 Å². The van der Waals surface area contributed by atoms with Crippen LogP contribution >= 0.6 is 0 Å². The van der Waals surface area contributed by atoms with Crippen LogP contribution in [-0.2, 0) is 65.4 Å². The lowest BCUT2D eigenvalue weighted by atomic mass is 10.1. The van der Waals surface area contributed by atoms with Gasteiger partial charge < -0.3 is 52.8 Å². The molecule has 11 aromatic carbocycles. The fourth-order valence-electron chi connectivity index (χ4n) is 9.83. The number of rotatable bonds is 25. The first kappa shape index (κ1) is 81.9. The highest BCUT2D eigenvalue weighted by Crippen LogP contribution is 2.35. The van der Waals surface area contributed by atoms with Crippen molar-refractivity contribution in [2.75, 3.05) is 33.0 Å². The summed E-state index contributed by atoms with van der Waals surface area (Å²) in [5, 5.41) is 24.1. The van der Waals surface area contributed by atoms with Crippen molar-refractivity contribution in [3.05, 3.63) is 321 Å². The molecule has 0 saturated heterocycles. The van der Waals surface area contributed by atoms with Crippen LogP contribution < -0.4 is 38.7 Å². The number of carbonyl (C=O) groups is 3. The van der Waals surface area contributed by atoms with Gasteiger partial charge in [0, 0.05) is 76.9 Å². The molecule has 0 unspecified atom stereocenters. The minimum atomic E-state index is -3.34. The number of aromatic nitrogens is 2. The number of carboxylic acids is 1. The maximum atomic E-state index is 13.9. The molecule has 574 valence electrons. The molecular weight excluding hydrogens is 1510 g/mol. The molecular formula is C81H68F4N2O21S3. The van der Waals surface area contributed by atoms with Crippen molar-refractivity contribution in [1.29, 1.82) is 0 Å². The topological polar surface area (TPSA) is 326 Å². The minimum Gasteiger partial charge on any atom is -0.508 e. The van der Waals surface area contributed by atoms with Gasteiger partial charge in [0.05, 0.1) is 51.3 Å². The maximum absolute atomic E-state index is 13.9. The third-order valence-electron chi connectivity index (χ3n) is 15.4. The molecule has 12 rings (SSSR count). The van der Waals surface area contributed by atoms with Crippen molar-refractivity contribution < 1.29 is 110 Å². The van der Waals surface area contributed by atoms with E-state index in [1.165, 1.54) is 160 Å². The average Bonchev–Trinajstić information content (AvgIpc) is 1.64. The van der Waals surface area contributed by atoms with Crippen LogP contribution in [0.3, 0.4) is 0 Å². The zero-order valence-corrected chi connectivity index (χ0v) is 61.8. The lowest BCUT2D eigenvalue weighted by molar-refractivity contribution is 0.0591. The number of esters is 2.